The Hall–Kier alpha value is -3.41. The molecule has 1 aromatic heterocycles. The standard InChI is InChI=1S/C20H20N4O2/c1-26-19-10-6-5-9-17(19)11-12-20(25)23-18(13-24-15-21-14-22-24)16-7-3-2-4-8-16/h2-12,14-15,18H,13H2,1H3,(H,23,25)/b12-11-/t18-/m1/s1. The molecule has 1 heterocycles. The fourth-order valence-corrected chi connectivity index (χ4v) is 2.62. The summed E-state index contributed by atoms with van der Waals surface area (Å²) < 4.78 is 6.99. The van der Waals surface area contributed by atoms with E-state index in [1.165, 1.54) is 12.4 Å². The van der Waals surface area contributed by atoms with Crippen LogP contribution in [0, 0.1) is 0 Å². The van der Waals surface area contributed by atoms with Gasteiger partial charge in [0.05, 0.1) is 19.7 Å². The minimum atomic E-state index is -0.215. The van der Waals surface area contributed by atoms with Crippen LogP contribution in [0.15, 0.2) is 73.3 Å². The van der Waals surface area contributed by atoms with Gasteiger partial charge in [0, 0.05) is 11.6 Å². The summed E-state index contributed by atoms with van der Waals surface area (Å²) in [5, 5.41) is 7.15. The normalized spacial score (nSPS) is 12.0. The fourth-order valence-electron chi connectivity index (χ4n) is 2.62. The molecule has 1 amide bonds. The largest absolute Gasteiger partial charge is 0.496 e. The highest BCUT2D eigenvalue weighted by Crippen LogP contribution is 2.19. The van der Waals surface area contributed by atoms with Crippen LogP contribution in [0.2, 0.25) is 0 Å². The molecule has 6 heteroatoms. The van der Waals surface area contributed by atoms with Crippen molar-refractivity contribution < 1.29 is 9.53 Å². The molecule has 0 spiro atoms. The summed E-state index contributed by atoms with van der Waals surface area (Å²) in [5.41, 5.74) is 1.85. The Balaban J connectivity index is 1.73. The highest BCUT2D eigenvalue weighted by molar-refractivity contribution is 5.92. The summed E-state index contributed by atoms with van der Waals surface area (Å²) in [4.78, 5) is 16.4. The molecule has 26 heavy (non-hydrogen) atoms. The molecule has 1 N–H and O–H groups in total. The zero-order valence-corrected chi connectivity index (χ0v) is 14.4. The molecule has 132 valence electrons. The molecule has 0 aliphatic carbocycles. The highest BCUT2D eigenvalue weighted by atomic mass is 16.5. The van der Waals surface area contributed by atoms with Gasteiger partial charge in [0.15, 0.2) is 0 Å². The third kappa shape index (κ3) is 4.57. The Bertz CT molecular complexity index is 861. The highest BCUT2D eigenvalue weighted by Gasteiger charge is 2.14. The lowest BCUT2D eigenvalue weighted by molar-refractivity contribution is -0.117. The third-order valence-electron chi connectivity index (χ3n) is 3.91. The maximum absolute atomic E-state index is 12.4. The van der Waals surface area contributed by atoms with Gasteiger partial charge in [-0.05, 0) is 17.7 Å². The Morgan fingerprint density at radius 3 is 2.69 bits per heavy atom. The molecule has 6 nitrogen and oxygen atoms in total. The van der Waals surface area contributed by atoms with Gasteiger partial charge in [0.25, 0.3) is 0 Å². The molecule has 0 bridgehead atoms. The molecule has 0 aliphatic heterocycles. The topological polar surface area (TPSA) is 69.0 Å². The van der Waals surface area contributed by atoms with E-state index < -0.39 is 0 Å². The van der Waals surface area contributed by atoms with Gasteiger partial charge in [-0.2, -0.15) is 5.10 Å². The minimum absolute atomic E-state index is 0.190. The van der Waals surface area contributed by atoms with Gasteiger partial charge in [-0.3, -0.25) is 9.48 Å². The Labute approximate surface area is 152 Å². The molecule has 2 aromatic carbocycles. The second-order valence-electron chi connectivity index (χ2n) is 5.66. The summed E-state index contributed by atoms with van der Waals surface area (Å²) in [6.07, 6.45) is 6.36. The minimum Gasteiger partial charge on any atom is -0.496 e. The first-order valence-electron chi connectivity index (χ1n) is 8.25. The van der Waals surface area contributed by atoms with Crippen molar-refractivity contribution in [3.8, 4) is 5.75 Å². The maximum atomic E-state index is 12.4. The van der Waals surface area contributed by atoms with Crippen LogP contribution >= 0.6 is 0 Å². The lowest BCUT2D eigenvalue weighted by atomic mass is 10.1. The molecule has 0 unspecified atom stereocenters. The molecular formula is C20H20N4O2. The van der Waals surface area contributed by atoms with Crippen molar-refractivity contribution in [2.24, 2.45) is 0 Å². The van der Waals surface area contributed by atoms with E-state index in [-0.39, 0.29) is 11.9 Å². The van der Waals surface area contributed by atoms with Crippen molar-refractivity contribution in [2.45, 2.75) is 12.6 Å². The van der Waals surface area contributed by atoms with E-state index in [9.17, 15) is 4.79 Å². The van der Waals surface area contributed by atoms with E-state index in [4.69, 9.17) is 4.74 Å². The molecule has 3 aromatic rings. The van der Waals surface area contributed by atoms with E-state index in [0.29, 0.717) is 6.54 Å². The predicted molar refractivity (Wildman–Crippen MR) is 99.4 cm³/mol. The second kappa shape index (κ2) is 8.62. The van der Waals surface area contributed by atoms with Crippen LogP contribution in [0.5, 0.6) is 5.75 Å². The summed E-state index contributed by atoms with van der Waals surface area (Å²) in [5.74, 6) is 0.531. The predicted octanol–water partition coefficient (Wildman–Crippen LogP) is 2.86. The van der Waals surface area contributed by atoms with E-state index in [1.807, 2.05) is 54.6 Å². The van der Waals surface area contributed by atoms with Crippen LogP contribution in [-0.4, -0.2) is 27.8 Å². The van der Waals surface area contributed by atoms with E-state index in [0.717, 1.165) is 16.9 Å². The average Bonchev–Trinajstić information content (AvgIpc) is 3.20. The van der Waals surface area contributed by atoms with Gasteiger partial charge in [-0.1, -0.05) is 48.5 Å². The number of para-hydroxylation sites is 1. The summed E-state index contributed by atoms with van der Waals surface area (Å²) in [6.45, 7) is 0.498. The van der Waals surface area contributed by atoms with Crippen molar-refractivity contribution in [2.75, 3.05) is 7.11 Å². The number of nitrogens with one attached hydrogen (secondary N) is 1. The zero-order valence-electron chi connectivity index (χ0n) is 14.4. The number of methoxy groups -OCH3 is 1. The molecule has 0 fully saturated rings. The number of amides is 1. The van der Waals surface area contributed by atoms with Crippen molar-refractivity contribution in [3.63, 3.8) is 0 Å². The van der Waals surface area contributed by atoms with Gasteiger partial charge in [0.2, 0.25) is 5.91 Å². The summed E-state index contributed by atoms with van der Waals surface area (Å²) in [7, 11) is 1.61. The van der Waals surface area contributed by atoms with E-state index in [2.05, 4.69) is 15.4 Å². The molecule has 0 saturated heterocycles. The number of benzene rings is 2. The van der Waals surface area contributed by atoms with Crippen LogP contribution in [0.1, 0.15) is 17.2 Å². The summed E-state index contributed by atoms with van der Waals surface area (Å²) >= 11 is 0. The summed E-state index contributed by atoms with van der Waals surface area (Å²) in [6, 6.07) is 17.1. The SMILES string of the molecule is COc1ccccc1/C=C\C(=O)N[C@H](Cn1cncn1)c1ccccc1. The number of rotatable bonds is 7. The van der Waals surface area contributed by atoms with Gasteiger partial charge < -0.3 is 10.1 Å². The number of hydrogen-bond donors (Lipinski definition) is 1. The Kier molecular flexibility index (Phi) is 5.77. The first kappa shape index (κ1) is 17.4. The first-order chi connectivity index (χ1) is 12.8. The Morgan fingerprint density at radius 2 is 1.96 bits per heavy atom. The van der Waals surface area contributed by atoms with Crippen LogP contribution in [0.25, 0.3) is 6.08 Å². The quantitative estimate of drug-likeness (QED) is 0.667. The van der Waals surface area contributed by atoms with E-state index in [1.54, 1.807) is 24.2 Å². The van der Waals surface area contributed by atoms with Gasteiger partial charge >= 0.3 is 0 Å². The van der Waals surface area contributed by atoms with E-state index >= 15 is 0 Å². The lowest BCUT2D eigenvalue weighted by Gasteiger charge is -2.18. The molecule has 1 atom stereocenters. The Morgan fingerprint density at radius 1 is 1.19 bits per heavy atom. The number of aromatic nitrogens is 3. The van der Waals surface area contributed by atoms with Crippen LogP contribution in [0.3, 0.4) is 0 Å². The van der Waals surface area contributed by atoms with Gasteiger partial charge in [0.1, 0.15) is 18.4 Å². The second-order valence-corrected chi connectivity index (χ2v) is 5.66. The number of carbonyl (C=O) groups is 1. The molecule has 0 radical (unpaired) electrons. The molecule has 0 aliphatic rings. The smallest absolute Gasteiger partial charge is 0.244 e. The van der Waals surface area contributed by atoms with Crippen molar-refractivity contribution in [3.05, 3.63) is 84.5 Å². The van der Waals surface area contributed by atoms with Crippen LogP contribution in [0.4, 0.5) is 0 Å². The number of nitrogens with zero attached hydrogens (tertiary/aromatic N) is 3. The van der Waals surface area contributed by atoms with Gasteiger partial charge in [-0.15, -0.1) is 0 Å². The van der Waals surface area contributed by atoms with Crippen molar-refractivity contribution >= 4 is 12.0 Å². The number of carbonyl (C=O) groups excluding carboxylic acids is 1. The van der Waals surface area contributed by atoms with Crippen molar-refractivity contribution in [1.82, 2.24) is 20.1 Å². The fraction of sp³-hybridized carbons (Fsp3) is 0.150. The maximum Gasteiger partial charge on any atom is 0.244 e. The van der Waals surface area contributed by atoms with Crippen molar-refractivity contribution in [1.29, 1.82) is 0 Å². The lowest BCUT2D eigenvalue weighted by Crippen LogP contribution is -2.30. The average molecular weight is 348 g/mol. The molecule has 0 saturated carbocycles. The van der Waals surface area contributed by atoms with Crippen LogP contribution < -0.4 is 10.1 Å². The molecular weight excluding hydrogens is 328 g/mol. The number of ether oxygens (including phenoxy) is 1. The number of hydrogen-bond acceptors (Lipinski definition) is 4. The monoisotopic (exact) mass is 348 g/mol. The zero-order chi connectivity index (χ0) is 18.2. The molecule has 3 rings (SSSR count). The third-order valence-corrected chi connectivity index (χ3v) is 3.91. The van der Waals surface area contributed by atoms with Gasteiger partial charge in [-0.25, -0.2) is 4.98 Å². The van der Waals surface area contributed by atoms with Crippen LogP contribution in [-0.2, 0) is 11.3 Å². The first-order valence-corrected chi connectivity index (χ1v) is 8.25.